The summed E-state index contributed by atoms with van der Waals surface area (Å²) in [5.74, 6) is -2.65. The first-order chi connectivity index (χ1) is 13.8. The lowest BCUT2D eigenvalue weighted by Gasteiger charge is -2.14. The molecule has 0 saturated heterocycles. The zero-order valence-electron chi connectivity index (χ0n) is 16.8. The number of carboxylic acids is 2. The second-order valence-corrected chi connectivity index (χ2v) is 5.96. The van der Waals surface area contributed by atoms with E-state index in [0.29, 0.717) is 25.3 Å². The molecule has 0 spiro atoms. The summed E-state index contributed by atoms with van der Waals surface area (Å²) in [6.45, 7) is 2.44. The van der Waals surface area contributed by atoms with Crippen molar-refractivity contribution in [2.75, 3.05) is 45.8 Å². The van der Waals surface area contributed by atoms with Gasteiger partial charge >= 0.3 is 11.9 Å². The fourth-order valence-corrected chi connectivity index (χ4v) is 2.06. The van der Waals surface area contributed by atoms with E-state index >= 15 is 0 Å². The summed E-state index contributed by atoms with van der Waals surface area (Å²) >= 11 is 0. The van der Waals surface area contributed by atoms with Crippen LogP contribution in [-0.2, 0) is 19.1 Å². The number of carbonyl (C=O) groups is 3. The van der Waals surface area contributed by atoms with E-state index in [1.54, 1.807) is 14.2 Å². The first-order valence-corrected chi connectivity index (χ1v) is 9.13. The molecule has 6 N–H and O–H groups in total. The van der Waals surface area contributed by atoms with Crippen molar-refractivity contribution in [3.63, 3.8) is 0 Å². The molecule has 0 aliphatic carbocycles. The molecule has 0 saturated carbocycles. The highest BCUT2D eigenvalue weighted by Gasteiger charge is 2.20. The summed E-state index contributed by atoms with van der Waals surface area (Å²) in [7, 11) is 3.23. The second-order valence-electron chi connectivity index (χ2n) is 5.96. The van der Waals surface area contributed by atoms with Crippen LogP contribution in [0.5, 0.6) is 0 Å². The van der Waals surface area contributed by atoms with Crippen LogP contribution < -0.4 is 16.4 Å². The molecule has 29 heavy (non-hydrogen) atoms. The number of methoxy groups -OCH3 is 2. The molecule has 0 radical (unpaired) electrons. The first kappa shape index (κ1) is 26.5. The summed E-state index contributed by atoms with van der Waals surface area (Å²) in [5, 5.41) is 23.2. The zero-order valence-corrected chi connectivity index (χ0v) is 16.8. The van der Waals surface area contributed by atoms with Gasteiger partial charge in [0.2, 0.25) is 5.91 Å². The van der Waals surface area contributed by atoms with Crippen LogP contribution in [-0.4, -0.2) is 74.6 Å². The number of aliphatic carboxylic acids is 1. The molecule has 0 aliphatic rings. The van der Waals surface area contributed by atoms with Crippen LogP contribution in [0.1, 0.15) is 29.6 Å². The minimum Gasteiger partial charge on any atom is -0.480 e. The number of carboxylic acid groups (broad SMARTS) is 2. The number of nitrogens with two attached hydrogens (primary N) is 1. The third kappa shape index (κ3) is 13.3. The quantitative estimate of drug-likeness (QED) is 0.294. The molecule has 0 fully saturated rings. The van der Waals surface area contributed by atoms with E-state index in [2.05, 4.69) is 10.6 Å². The Morgan fingerprint density at radius 2 is 1.62 bits per heavy atom. The smallest absolute Gasteiger partial charge is 0.335 e. The van der Waals surface area contributed by atoms with Crippen molar-refractivity contribution in [1.82, 2.24) is 5.32 Å². The maximum Gasteiger partial charge on any atom is 0.335 e. The van der Waals surface area contributed by atoms with Gasteiger partial charge in [0.15, 0.2) is 0 Å². The van der Waals surface area contributed by atoms with Gasteiger partial charge in [-0.3, -0.25) is 9.59 Å². The Balaban J connectivity index is 0.00000113. The Morgan fingerprint density at radius 3 is 2.07 bits per heavy atom. The summed E-state index contributed by atoms with van der Waals surface area (Å²) in [6, 6.07) is 4.61. The zero-order chi connectivity index (χ0) is 22.1. The van der Waals surface area contributed by atoms with Gasteiger partial charge in [-0.15, -0.1) is 0 Å². The molecule has 0 heterocycles. The van der Waals surface area contributed by atoms with Crippen LogP contribution in [0.25, 0.3) is 0 Å². The number of carbonyl (C=O) groups excluding carboxylic acids is 1. The predicted molar refractivity (Wildman–Crippen MR) is 108 cm³/mol. The summed E-state index contributed by atoms with van der Waals surface area (Å²) < 4.78 is 9.56. The third-order valence-electron chi connectivity index (χ3n) is 3.57. The Kier molecular flexibility index (Phi) is 15.0. The summed E-state index contributed by atoms with van der Waals surface area (Å²) in [4.78, 5) is 33.7. The third-order valence-corrected chi connectivity index (χ3v) is 3.57. The molecule has 1 atom stereocenters. The van der Waals surface area contributed by atoms with Crippen molar-refractivity contribution in [2.45, 2.75) is 25.3 Å². The van der Waals surface area contributed by atoms with E-state index < -0.39 is 23.9 Å². The van der Waals surface area contributed by atoms with Crippen LogP contribution in [0.4, 0.5) is 5.69 Å². The SMILES string of the molecule is COCCCN.COCCCNC(CC(=O)Nc1ccc(C(=O)O)cc1)C(=O)O. The van der Waals surface area contributed by atoms with Crippen molar-refractivity contribution in [3.05, 3.63) is 29.8 Å². The van der Waals surface area contributed by atoms with Gasteiger partial charge in [-0.2, -0.15) is 0 Å². The summed E-state index contributed by atoms with van der Waals surface area (Å²) in [6.07, 6.45) is 1.37. The largest absolute Gasteiger partial charge is 0.480 e. The Hall–Kier alpha value is -2.53. The lowest BCUT2D eigenvalue weighted by molar-refractivity contribution is -0.141. The van der Waals surface area contributed by atoms with Crippen LogP contribution in [0.2, 0.25) is 0 Å². The van der Waals surface area contributed by atoms with Crippen LogP contribution in [0, 0.1) is 0 Å². The van der Waals surface area contributed by atoms with Crippen molar-refractivity contribution in [3.8, 4) is 0 Å². The minimum atomic E-state index is -1.11. The minimum absolute atomic E-state index is 0.103. The number of anilines is 1. The Morgan fingerprint density at radius 1 is 1.03 bits per heavy atom. The maximum absolute atomic E-state index is 11.9. The maximum atomic E-state index is 11.9. The van der Waals surface area contributed by atoms with Crippen LogP contribution >= 0.6 is 0 Å². The van der Waals surface area contributed by atoms with Crippen molar-refractivity contribution >= 4 is 23.5 Å². The molecule has 0 aliphatic heterocycles. The number of rotatable bonds is 13. The predicted octanol–water partition coefficient (Wildman–Crippen LogP) is 0.774. The molecule has 0 bridgehead atoms. The summed E-state index contributed by atoms with van der Waals surface area (Å²) in [5.41, 5.74) is 5.64. The lowest BCUT2D eigenvalue weighted by atomic mass is 10.1. The van der Waals surface area contributed by atoms with Crippen molar-refractivity contribution < 1.29 is 34.1 Å². The van der Waals surface area contributed by atoms with E-state index in [1.165, 1.54) is 24.3 Å². The number of benzene rings is 1. The standard InChI is InChI=1S/C15H20N2O6.C4H11NO/c1-23-8-2-7-16-12(15(21)22)9-13(18)17-11-5-3-10(4-6-11)14(19)20;1-6-4-2-3-5/h3-6,12,16H,2,7-9H2,1H3,(H,17,18)(H,19,20)(H,21,22);2-5H2,1H3. The number of nitrogens with one attached hydrogen (secondary N) is 2. The monoisotopic (exact) mass is 413 g/mol. The van der Waals surface area contributed by atoms with Gasteiger partial charge in [0.25, 0.3) is 0 Å². The molecule has 1 aromatic rings. The molecule has 164 valence electrons. The Bertz CT molecular complexity index is 604. The lowest BCUT2D eigenvalue weighted by Crippen LogP contribution is -2.40. The molecular weight excluding hydrogens is 382 g/mol. The molecule has 1 amide bonds. The van der Waals surface area contributed by atoms with Gasteiger partial charge in [-0.1, -0.05) is 0 Å². The van der Waals surface area contributed by atoms with Crippen molar-refractivity contribution in [2.24, 2.45) is 5.73 Å². The van der Waals surface area contributed by atoms with Crippen molar-refractivity contribution in [1.29, 1.82) is 0 Å². The molecule has 1 rings (SSSR count). The van der Waals surface area contributed by atoms with Crippen LogP contribution in [0.15, 0.2) is 24.3 Å². The van der Waals surface area contributed by atoms with E-state index in [4.69, 9.17) is 25.4 Å². The van der Waals surface area contributed by atoms with Gasteiger partial charge in [-0.05, 0) is 50.2 Å². The van der Waals surface area contributed by atoms with E-state index in [9.17, 15) is 14.4 Å². The normalized spacial score (nSPS) is 11.1. The number of ether oxygens (including phenoxy) is 2. The number of amides is 1. The number of aromatic carboxylic acids is 1. The topological polar surface area (TPSA) is 160 Å². The molecule has 10 heteroatoms. The molecular formula is C19H31N3O7. The Labute approximate surface area is 170 Å². The molecule has 0 aromatic heterocycles. The molecule has 1 unspecified atom stereocenters. The van der Waals surface area contributed by atoms with Gasteiger partial charge in [0, 0.05) is 33.1 Å². The number of hydrogen-bond donors (Lipinski definition) is 5. The average molecular weight is 413 g/mol. The fraction of sp³-hybridized carbons (Fsp3) is 0.526. The first-order valence-electron chi connectivity index (χ1n) is 9.13. The highest BCUT2D eigenvalue weighted by molar-refractivity contribution is 5.94. The molecule has 1 aromatic carbocycles. The fourth-order valence-electron chi connectivity index (χ4n) is 2.06. The second kappa shape index (κ2) is 16.4. The average Bonchev–Trinajstić information content (AvgIpc) is 2.69. The van der Waals surface area contributed by atoms with E-state index in [0.717, 1.165) is 19.6 Å². The van der Waals surface area contributed by atoms with Gasteiger partial charge < -0.3 is 36.1 Å². The van der Waals surface area contributed by atoms with Gasteiger partial charge in [-0.25, -0.2) is 4.79 Å². The van der Waals surface area contributed by atoms with E-state index in [1.807, 2.05) is 0 Å². The van der Waals surface area contributed by atoms with Gasteiger partial charge in [0.1, 0.15) is 6.04 Å². The van der Waals surface area contributed by atoms with E-state index in [-0.39, 0.29) is 12.0 Å². The van der Waals surface area contributed by atoms with Gasteiger partial charge in [0.05, 0.1) is 12.0 Å². The highest BCUT2D eigenvalue weighted by Crippen LogP contribution is 2.10. The number of hydrogen-bond acceptors (Lipinski definition) is 7. The highest BCUT2D eigenvalue weighted by atomic mass is 16.5. The van der Waals surface area contributed by atoms with Crippen LogP contribution in [0.3, 0.4) is 0 Å². The molecule has 10 nitrogen and oxygen atoms in total.